The van der Waals surface area contributed by atoms with Crippen molar-refractivity contribution in [2.24, 2.45) is 29.4 Å². The van der Waals surface area contributed by atoms with Gasteiger partial charge < -0.3 is 40.4 Å². The van der Waals surface area contributed by atoms with Crippen molar-refractivity contribution < 1.29 is 37.8 Å². The molecule has 2 unspecified atom stereocenters. The molecule has 1 saturated heterocycles. The molecule has 0 radical (unpaired) electrons. The first-order chi connectivity index (χ1) is 25.7. The average Bonchev–Trinajstić information content (AvgIpc) is 3.57. The molecule has 2 rings (SSSR count). The topological polar surface area (TPSA) is 156 Å². The summed E-state index contributed by atoms with van der Waals surface area (Å²) in [5.41, 5.74) is 7.10. The molecule has 1 aliphatic heterocycles. The Labute approximate surface area is 329 Å². The van der Waals surface area contributed by atoms with Gasteiger partial charge in [0.15, 0.2) is 0 Å². The number of amides is 4. The number of hydrogen-bond acceptors (Lipinski definition) is 9. The van der Waals surface area contributed by atoms with Crippen molar-refractivity contribution in [3.8, 4) is 0 Å². The molecule has 14 heteroatoms. The Balaban J connectivity index is 2.33. The minimum absolute atomic E-state index is 0.0317. The average molecular weight is 779 g/mol. The summed E-state index contributed by atoms with van der Waals surface area (Å²) >= 11 is 0. The van der Waals surface area contributed by atoms with Gasteiger partial charge in [-0.15, -0.1) is 0 Å². The standard InChI is InChI=1S/C41H71FN6O7/c1-15-25(6)37(47(11)41(52)35(23(2)3)45-40(51)36(24(4)5)46(9)10)32(54-13)21-33(49)48-22-30(53-12)20-31(48)38(55-14)26(7)39(50)44-27(8)34(43)28-16-18-29(42)19-17-28/h16-19,23-27,30-32,34-38H,15,20-22,43H2,1-14H3,(H,44,50)(H,45,51)/t25?,26-,27-,30-,31+,32-,34?,35+,36+,37+,38-/m1/s1. The van der Waals surface area contributed by atoms with Crippen LogP contribution in [0.25, 0.3) is 0 Å². The van der Waals surface area contributed by atoms with Crippen molar-refractivity contribution in [1.29, 1.82) is 0 Å². The van der Waals surface area contributed by atoms with E-state index in [9.17, 15) is 23.6 Å². The van der Waals surface area contributed by atoms with Crippen LogP contribution < -0.4 is 16.4 Å². The number of hydrogen-bond donors (Lipinski definition) is 3. The van der Waals surface area contributed by atoms with Gasteiger partial charge >= 0.3 is 0 Å². The zero-order valence-electron chi connectivity index (χ0n) is 35.8. The summed E-state index contributed by atoms with van der Waals surface area (Å²) in [6.07, 6.45) is -0.510. The van der Waals surface area contributed by atoms with Crippen LogP contribution in [0.1, 0.15) is 86.3 Å². The summed E-state index contributed by atoms with van der Waals surface area (Å²) in [5.74, 6) is -2.25. The van der Waals surface area contributed by atoms with Gasteiger partial charge in [0.1, 0.15) is 11.9 Å². The third-order valence-corrected chi connectivity index (χ3v) is 11.4. The number of nitrogens with zero attached hydrogens (tertiary/aromatic N) is 3. The van der Waals surface area contributed by atoms with Crippen LogP contribution in [0.4, 0.5) is 4.39 Å². The lowest BCUT2D eigenvalue weighted by Gasteiger charge is -2.41. The molecule has 55 heavy (non-hydrogen) atoms. The molecule has 1 fully saturated rings. The minimum atomic E-state index is -0.785. The Kier molecular flexibility index (Phi) is 19.1. The number of methoxy groups -OCH3 is 3. The second-order valence-electron chi connectivity index (χ2n) is 16.3. The molecule has 0 saturated carbocycles. The number of benzene rings is 1. The number of rotatable bonds is 21. The molecular formula is C41H71FN6O7. The molecular weight excluding hydrogens is 707 g/mol. The predicted octanol–water partition coefficient (Wildman–Crippen LogP) is 3.60. The van der Waals surface area contributed by atoms with Gasteiger partial charge in [-0.05, 0) is 62.9 Å². The van der Waals surface area contributed by atoms with E-state index in [2.05, 4.69) is 10.6 Å². The van der Waals surface area contributed by atoms with Gasteiger partial charge in [-0.25, -0.2) is 4.39 Å². The first kappa shape index (κ1) is 48.0. The molecule has 1 aromatic carbocycles. The predicted molar refractivity (Wildman–Crippen MR) is 212 cm³/mol. The zero-order valence-corrected chi connectivity index (χ0v) is 35.8. The molecule has 4 N–H and O–H groups in total. The number of carbonyl (C=O) groups excluding carboxylic acids is 4. The van der Waals surface area contributed by atoms with Gasteiger partial charge in [-0.3, -0.25) is 24.1 Å². The zero-order chi connectivity index (χ0) is 41.9. The van der Waals surface area contributed by atoms with Crippen LogP contribution in [0.5, 0.6) is 0 Å². The Bertz CT molecular complexity index is 1370. The van der Waals surface area contributed by atoms with Gasteiger partial charge in [-0.1, -0.05) is 67.0 Å². The maximum atomic E-state index is 14.4. The quantitative estimate of drug-likeness (QED) is 0.170. The highest BCUT2D eigenvalue weighted by Gasteiger charge is 2.46. The third-order valence-electron chi connectivity index (χ3n) is 11.4. The molecule has 1 aromatic rings. The lowest BCUT2D eigenvalue weighted by molar-refractivity contribution is -0.148. The fraction of sp³-hybridized carbons (Fsp3) is 0.756. The monoisotopic (exact) mass is 779 g/mol. The van der Waals surface area contributed by atoms with Gasteiger partial charge in [0.25, 0.3) is 0 Å². The van der Waals surface area contributed by atoms with Crippen LogP contribution in [-0.4, -0.2) is 136 Å². The van der Waals surface area contributed by atoms with E-state index in [4.69, 9.17) is 19.9 Å². The van der Waals surface area contributed by atoms with E-state index in [0.29, 0.717) is 24.9 Å². The summed E-state index contributed by atoms with van der Waals surface area (Å²) in [5, 5.41) is 6.01. The van der Waals surface area contributed by atoms with Gasteiger partial charge in [-0.2, -0.15) is 0 Å². The molecule has 314 valence electrons. The number of likely N-dealkylation sites (tertiary alicyclic amines) is 1. The molecule has 1 heterocycles. The Morgan fingerprint density at radius 2 is 1.51 bits per heavy atom. The maximum Gasteiger partial charge on any atom is 0.245 e. The van der Waals surface area contributed by atoms with Crippen molar-refractivity contribution in [2.45, 2.75) is 129 Å². The van der Waals surface area contributed by atoms with Gasteiger partial charge in [0, 0.05) is 47.0 Å². The van der Waals surface area contributed by atoms with Crippen molar-refractivity contribution in [3.63, 3.8) is 0 Å². The lowest BCUT2D eigenvalue weighted by atomic mass is 9.89. The molecule has 11 atom stereocenters. The Hall–Kier alpha value is -3.17. The summed E-state index contributed by atoms with van der Waals surface area (Å²) in [7, 11) is 10.1. The number of carbonyl (C=O) groups is 4. The summed E-state index contributed by atoms with van der Waals surface area (Å²) in [6.45, 7) is 15.6. The second kappa shape index (κ2) is 21.9. The summed E-state index contributed by atoms with van der Waals surface area (Å²) in [6, 6.07) is 2.63. The number of nitrogens with two attached hydrogens (primary N) is 1. The third kappa shape index (κ3) is 12.4. The van der Waals surface area contributed by atoms with Crippen LogP contribution in [0.15, 0.2) is 24.3 Å². The molecule has 0 spiro atoms. The van der Waals surface area contributed by atoms with E-state index in [1.54, 1.807) is 57.0 Å². The fourth-order valence-corrected chi connectivity index (χ4v) is 7.98. The number of ether oxygens (including phenoxy) is 3. The van der Waals surface area contributed by atoms with Crippen LogP contribution in [-0.2, 0) is 33.4 Å². The highest BCUT2D eigenvalue weighted by atomic mass is 19.1. The number of nitrogens with one attached hydrogen (secondary N) is 2. The smallest absolute Gasteiger partial charge is 0.245 e. The first-order valence-corrected chi connectivity index (χ1v) is 19.7. The normalized spacial score (nSPS) is 21.0. The van der Waals surface area contributed by atoms with E-state index in [1.165, 1.54) is 19.2 Å². The first-order valence-electron chi connectivity index (χ1n) is 19.7. The lowest BCUT2D eigenvalue weighted by Crippen LogP contribution is -2.59. The van der Waals surface area contributed by atoms with Crippen molar-refractivity contribution >= 4 is 23.6 Å². The van der Waals surface area contributed by atoms with E-state index in [0.717, 1.165) is 0 Å². The second-order valence-corrected chi connectivity index (χ2v) is 16.3. The van der Waals surface area contributed by atoms with Gasteiger partial charge in [0.2, 0.25) is 23.6 Å². The van der Waals surface area contributed by atoms with Crippen LogP contribution in [0.2, 0.25) is 0 Å². The molecule has 4 amide bonds. The minimum Gasteiger partial charge on any atom is -0.380 e. The van der Waals surface area contributed by atoms with Crippen molar-refractivity contribution in [2.75, 3.05) is 49.0 Å². The molecule has 0 bridgehead atoms. The Morgan fingerprint density at radius 1 is 0.909 bits per heavy atom. The van der Waals surface area contributed by atoms with Gasteiger partial charge in [0.05, 0.1) is 48.8 Å². The van der Waals surface area contributed by atoms with E-state index in [-0.39, 0.29) is 59.7 Å². The highest BCUT2D eigenvalue weighted by molar-refractivity contribution is 5.90. The SMILES string of the molecule is CCC(C)[C@@H]([C@@H](CC(=O)N1C[C@H](OC)C[C@H]1[C@H](OC)[C@@H](C)C(=O)N[C@H](C)C(N)c1ccc(F)cc1)OC)N(C)C(=O)[C@@H](NC(=O)[C@H](C(C)C)N(C)C)C(C)C. The van der Waals surface area contributed by atoms with Crippen molar-refractivity contribution in [3.05, 3.63) is 35.6 Å². The molecule has 1 aliphatic rings. The van der Waals surface area contributed by atoms with E-state index >= 15 is 0 Å². The van der Waals surface area contributed by atoms with Crippen LogP contribution in [0, 0.1) is 29.5 Å². The summed E-state index contributed by atoms with van der Waals surface area (Å²) < 4.78 is 31.2. The molecule has 0 aromatic heterocycles. The fourth-order valence-electron chi connectivity index (χ4n) is 7.98. The molecule has 13 nitrogen and oxygen atoms in total. The summed E-state index contributed by atoms with van der Waals surface area (Å²) in [4.78, 5) is 60.9. The van der Waals surface area contributed by atoms with E-state index in [1.807, 2.05) is 60.5 Å². The highest BCUT2D eigenvalue weighted by Crippen LogP contribution is 2.31. The maximum absolute atomic E-state index is 14.4. The van der Waals surface area contributed by atoms with Crippen molar-refractivity contribution in [1.82, 2.24) is 25.3 Å². The Morgan fingerprint density at radius 3 is 1.98 bits per heavy atom. The number of halogens is 1. The number of likely N-dealkylation sites (N-methyl/N-ethyl adjacent to an activating group) is 2. The molecule has 0 aliphatic carbocycles. The van der Waals surface area contributed by atoms with Crippen LogP contribution in [0.3, 0.4) is 0 Å². The largest absolute Gasteiger partial charge is 0.380 e. The van der Waals surface area contributed by atoms with E-state index < -0.39 is 54.4 Å². The van der Waals surface area contributed by atoms with Crippen LogP contribution >= 0.6 is 0 Å².